The Hall–Kier alpha value is -2.03. The van der Waals surface area contributed by atoms with Crippen molar-refractivity contribution in [2.24, 2.45) is 9.98 Å². The van der Waals surface area contributed by atoms with E-state index in [1.807, 2.05) is 0 Å². The van der Waals surface area contributed by atoms with Crippen LogP contribution < -0.4 is 5.56 Å². The molecule has 0 saturated heterocycles. The van der Waals surface area contributed by atoms with Crippen LogP contribution in [0.25, 0.3) is 6.08 Å². The third kappa shape index (κ3) is 3.08. The fraction of sp³-hybridized carbons (Fsp3) is 0.0833. The summed E-state index contributed by atoms with van der Waals surface area (Å²) >= 11 is 16.8. The molecule has 3 N–H and O–H groups in total. The largest absolute Gasteiger partial charge is 0.494 e. The first-order chi connectivity index (χ1) is 10.3. The average Bonchev–Trinajstić information content (AvgIpc) is 2.41. The highest BCUT2D eigenvalue weighted by molar-refractivity contribution is 7.71. The molecule has 0 saturated carbocycles. The molecule has 1 aliphatic rings. The first-order valence-electron chi connectivity index (χ1n) is 5.81. The molecule has 0 atom stereocenters. The zero-order valence-corrected chi connectivity index (χ0v) is 13.3. The summed E-state index contributed by atoms with van der Waals surface area (Å²) in [4.78, 5) is 21.7. The van der Waals surface area contributed by atoms with Crippen molar-refractivity contribution in [2.75, 3.05) is 0 Å². The van der Waals surface area contributed by atoms with Gasteiger partial charge in [0.05, 0.1) is 5.57 Å². The Labute approximate surface area is 139 Å². The third-order valence-electron chi connectivity index (χ3n) is 2.66. The highest BCUT2D eigenvalue weighted by atomic mass is 35.5. The van der Waals surface area contributed by atoms with Crippen LogP contribution in [0.3, 0.4) is 0 Å². The van der Waals surface area contributed by atoms with Crippen LogP contribution in [0.2, 0.25) is 0 Å². The van der Waals surface area contributed by atoms with Gasteiger partial charge in [0.1, 0.15) is 15.9 Å². The molecule has 114 valence electrons. The summed E-state index contributed by atoms with van der Waals surface area (Å²) in [5.74, 6) is -0.719. The smallest absolute Gasteiger partial charge is 0.262 e. The number of aliphatic imine (C=N–C) groups is 2. The predicted octanol–water partition coefficient (Wildman–Crippen LogP) is 2.40. The summed E-state index contributed by atoms with van der Waals surface area (Å²) in [7, 11) is 0. The number of rotatable bonds is 3. The van der Waals surface area contributed by atoms with Crippen LogP contribution >= 0.6 is 35.4 Å². The molecule has 1 aromatic rings. The van der Waals surface area contributed by atoms with Gasteiger partial charge in [-0.25, -0.2) is 0 Å². The van der Waals surface area contributed by atoms with Gasteiger partial charge in [-0.15, -0.1) is 6.58 Å². The van der Waals surface area contributed by atoms with E-state index >= 15 is 0 Å². The number of aromatic nitrogens is 2. The lowest BCUT2D eigenvalue weighted by atomic mass is 10.2. The highest BCUT2D eigenvalue weighted by Crippen LogP contribution is 2.21. The number of H-pyrrole nitrogens is 1. The molecule has 7 nitrogen and oxygen atoms in total. The van der Waals surface area contributed by atoms with E-state index in [-0.39, 0.29) is 44.6 Å². The van der Waals surface area contributed by atoms with E-state index in [2.05, 4.69) is 21.5 Å². The molecule has 2 heterocycles. The number of guanidine groups is 1. The normalized spacial score (nSPS) is 14.5. The molecule has 0 unspecified atom stereocenters. The minimum atomic E-state index is -0.620. The van der Waals surface area contributed by atoms with Gasteiger partial charge in [0.25, 0.3) is 5.56 Å². The SMILES string of the molecule is C=CCn1c(O)c(C=C2C(Cl)=NC(=N)N=C2Cl)c(=O)[nH]c1=S. The van der Waals surface area contributed by atoms with E-state index in [9.17, 15) is 9.90 Å². The molecule has 0 fully saturated rings. The quantitative estimate of drug-likeness (QED) is 0.570. The molecule has 0 bridgehead atoms. The Morgan fingerprint density at radius 1 is 1.41 bits per heavy atom. The number of hydrogen-bond acceptors (Lipinski definition) is 4. The van der Waals surface area contributed by atoms with Gasteiger partial charge in [0.15, 0.2) is 4.77 Å². The van der Waals surface area contributed by atoms with Crippen LogP contribution in [-0.2, 0) is 6.54 Å². The Morgan fingerprint density at radius 2 is 2.00 bits per heavy atom. The highest BCUT2D eigenvalue weighted by Gasteiger charge is 2.19. The van der Waals surface area contributed by atoms with E-state index in [0.717, 1.165) is 0 Å². The monoisotopic (exact) mass is 357 g/mol. The molecule has 10 heteroatoms. The van der Waals surface area contributed by atoms with E-state index in [1.165, 1.54) is 16.7 Å². The van der Waals surface area contributed by atoms with Crippen molar-refractivity contribution in [1.29, 1.82) is 5.41 Å². The second-order valence-corrected chi connectivity index (χ2v) is 5.19. The Balaban J connectivity index is 2.69. The second kappa shape index (κ2) is 6.39. The number of aromatic amines is 1. The van der Waals surface area contributed by atoms with Gasteiger partial charge in [-0.05, 0) is 18.3 Å². The van der Waals surface area contributed by atoms with Crippen LogP contribution in [0.15, 0.2) is 33.0 Å². The summed E-state index contributed by atoms with van der Waals surface area (Å²) in [5.41, 5.74) is -0.618. The molecule has 1 aromatic heterocycles. The lowest BCUT2D eigenvalue weighted by molar-refractivity contribution is 0.412. The molecule has 2 rings (SSSR count). The van der Waals surface area contributed by atoms with Gasteiger partial charge < -0.3 is 5.11 Å². The minimum Gasteiger partial charge on any atom is -0.494 e. The first-order valence-corrected chi connectivity index (χ1v) is 6.98. The maximum atomic E-state index is 12.0. The molecular formula is C12H9Cl2N5O2S. The summed E-state index contributed by atoms with van der Waals surface area (Å²) in [6.07, 6.45) is 2.74. The van der Waals surface area contributed by atoms with Crippen molar-refractivity contribution in [3.8, 4) is 5.88 Å². The minimum absolute atomic E-state index is 0.0505. The second-order valence-electron chi connectivity index (χ2n) is 4.08. The summed E-state index contributed by atoms with van der Waals surface area (Å²) in [6.45, 7) is 3.75. The van der Waals surface area contributed by atoms with Crippen molar-refractivity contribution >= 4 is 57.8 Å². The van der Waals surface area contributed by atoms with Gasteiger partial charge in [-0.1, -0.05) is 29.3 Å². The van der Waals surface area contributed by atoms with Crippen molar-refractivity contribution in [1.82, 2.24) is 9.55 Å². The molecule has 0 spiro atoms. The van der Waals surface area contributed by atoms with Crippen molar-refractivity contribution in [2.45, 2.75) is 6.54 Å². The van der Waals surface area contributed by atoms with Gasteiger partial charge in [-0.3, -0.25) is 19.8 Å². The lowest BCUT2D eigenvalue weighted by Gasteiger charge is -2.11. The number of aromatic hydroxyl groups is 1. The van der Waals surface area contributed by atoms with Crippen LogP contribution in [0.5, 0.6) is 5.88 Å². The fourth-order valence-corrected chi connectivity index (χ4v) is 2.43. The number of halogens is 2. The van der Waals surface area contributed by atoms with Gasteiger partial charge in [0.2, 0.25) is 11.8 Å². The Morgan fingerprint density at radius 3 is 2.55 bits per heavy atom. The summed E-state index contributed by atoms with van der Waals surface area (Å²) in [5, 5.41) is 17.3. The standard InChI is InChI=1S/C12H9Cl2N5O2S/c1-2-3-19-10(21)6(9(20)18-12(19)22)4-5-7(13)16-11(15)17-8(5)14/h2,4,15,21H,1,3H2,(H,18,20,22). The average molecular weight is 358 g/mol. The van der Waals surface area contributed by atoms with E-state index in [0.29, 0.717) is 0 Å². The summed E-state index contributed by atoms with van der Waals surface area (Å²) < 4.78 is 1.33. The lowest BCUT2D eigenvalue weighted by Crippen LogP contribution is -2.18. The number of nitrogens with one attached hydrogen (secondary N) is 2. The first kappa shape index (κ1) is 16.3. The molecule has 0 radical (unpaired) electrons. The van der Waals surface area contributed by atoms with Crippen molar-refractivity contribution < 1.29 is 5.11 Å². The van der Waals surface area contributed by atoms with E-state index < -0.39 is 5.56 Å². The maximum Gasteiger partial charge on any atom is 0.262 e. The third-order valence-corrected chi connectivity index (χ3v) is 3.56. The molecule has 1 aliphatic heterocycles. The maximum absolute atomic E-state index is 12.0. The van der Waals surface area contributed by atoms with Crippen molar-refractivity contribution in [3.63, 3.8) is 0 Å². The topological polar surface area (TPSA) is 107 Å². The number of nitrogens with zero attached hydrogens (tertiary/aromatic N) is 3. The van der Waals surface area contributed by atoms with E-state index in [1.54, 1.807) is 0 Å². The molecule has 0 amide bonds. The zero-order valence-electron chi connectivity index (χ0n) is 10.9. The van der Waals surface area contributed by atoms with Crippen LogP contribution in [0, 0.1) is 10.2 Å². The van der Waals surface area contributed by atoms with Gasteiger partial charge >= 0.3 is 0 Å². The Kier molecular flexibility index (Phi) is 4.74. The van der Waals surface area contributed by atoms with Crippen LogP contribution in [0.4, 0.5) is 0 Å². The molecule has 0 aliphatic carbocycles. The van der Waals surface area contributed by atoms with Crippen molar-refractivity contribution in [3.05, 3.63) is 38.9 Å². The van der Waals surface area contributed by atoms with Gasteiger partial charge in [0, 0.05) is 6.54 Å². The van der Waals surface area contributed by atoms with Crippen LogP contribution in [-0.4, -0.2) is 31.0 Å². The molecule has 0 aromatic carbocycles. The predicted molar refractivity (Wildman–Crippen MR) is 90.0 cm³/mol. The molecule has 22 heavy (non-hydrogen) atoms. The Bertz CT molecular complexity index is 854. The summed E-state index contributed by atoms with van der Waals surface area (Å²) in [6, 6.07) is 0. The fourth-order valence-electron chi connectivity index (χ4n) is 1.68. The number of hydrogen-bond donors (Lipinski definition) is 3. The zero-order chi connectivity index (χ0) is 16.4. The number of allylic oxidation sites excluding steroid dienone is 2. The molecular weight excluding hydrogens is 349 g/mol. The van der Waals surface area contributed by atoms with Gasteiger partial charge in [-0.2, -0.15) is 9.98 Å². The van der Waals surface area contributed by atoms with Crippen LogP contribution in [0.1, 0.15) is 5.56 Å². The van der Waals surface area contributed by atoms with E-state index in [4.69, 9.17) is 40.8 Å².